The van der Waals surface area contributed by atoms with E-state index in [1.54, 1.807) is 7.11 Å². The van der Waals surface area contributed by atoms with Crippen LogP contribution in [0.3, 0.4) is 0 Å². The molecule has 0 heterocycles. The first-order valence-corrected chi connectivity index (χ1v) is 7.30. The molecule has 112 valence electrons. The largest absolute Gasteiger partial charge is 0.496 e. The Kier molecular flexibility index (Phi) is 5.34. The van der Waals surface area contributed by atoms with Crippen LogP contribution in [-0.4, -0.2) is 13.2 Å². The maximum absolute atomic E-state index is 6.22. The van der Waals surface area contributed by atoms with Crippen LogP contribution in [0.4, 0.5) is 5.69 Å². The van der Waals surface area contributed by atoms with E-state index in [2.05, 4.69) is 5.32 Å². The fraction of sp³-hybridized carbons (Fsp3) is 0.294. The highest BCUT2D eigenvalue weighted by atomic mass is 35.5. The van der Waals surface area contributed by atoms with Crippen LogP contribution in [0.1, 0.15) is 19.4 Å². The summed E-state index contributed by atoms with van der Waals surface area (Å²) in [6.07, 6.45) is 0.177. The van der Waals surface area contributed by atoms with Crippen LogP contribution < -0.4 is 14.8 Å². The predicted molar refractivity (Wildman–Crippen MR) is 87.5 cm³/mol. The highest BCUT2D eigenvalue weighted by Crippen LogP contribution is 2.27. The Morgan fingerprint density at radius 2 is 1.81 bits per heavy atom. The predicted octanol–water partition coefficient (Wildman–Crippen LogP) is 4.75. The van der Waals surface area contributed by atoms with Crippen molar-refractivity contribution in [1.29, 1.82) is 0 Å². The molecular weight excluding hydrogens is 286 g/mol. The van der Waals surface area contributed by atoms with Crippen LogP contribution in [0.25, 0.3) is 0 Å². The Morgan fingerprint density at radius 1 is 1.10 bits per heavy atom. The minimum absolute atomic E-state index is 0.177. The van der Waals surface area contributed by atoms with Crippen molar-refractivity contribution in [2.75, 3.05) is 12.4 Å². The molecule has 2 rings (SSSR count). The Bertz CT molecular complexity index is 582. The first-order valence-electron chi connectivity index (χ1n) is 6.92. The SMILES string of the molecule is COc1cccc(Cl)c1CNc1ccc(OC(C)C)cc1. The highest BCUT2D eigenvalue weighted by Gasteiger charge is 2.07. The number of benzene rings is 2. The molecule has 0 atom stereocenters. The lowest BCUT2D eigenvalue weighted by molar-refractivity contribution is 0.242. The van der Waals surface area contributed by atoms with Gasteiger partial charge < -0.3 is 14.8 Å². The first kappa shape index (κ1) is 15.5. The molecule has 0 aliphatic carbocycles. The minimum atomic E-state index is 0.177. The van der Waals surface area contributed by atoms with Crippen molar-refractivity contribution in [2.45, 2.75) is 26.5 Å². The zero-order valence-electron chi connectivity index (χ0n) is 12.5. The molecule has 2 aromatic rings. The molecule has 0 spiro atoms. The molecule has 0 aromatic heterocycles. The third-order valence-electron chi connectivity index (χ3n) is 2.99. The van der Waals surface area contributed by atoms with Gasteiger partial charge in [-0.2, -0.15) is 0 Å². The van der Waals surface area contributed by atoms with Gasteiger partial charge in [0.1, 0.15) is 11.5 Å². The lowest BCUT2D eigenvalue weighted by Crippen LogP contribution is -2.06. The molecule has 21 heavy (non-hydrogen) atoms. The van der Waals surface area contributed by atoms with Gasteiger partial charge in [0.2, 0.25) is 0 Å². The number of halogens is 1. The first-order chi connectivity index (χ1) is 10.1. The van der Waals surface area contributed by atoms with E-state index < -0.39 is 0 Å². The molecule has 0 fully saturated rings. The van der Waals surface area contributed by atoms with Crippen molar-refractivity contribution in [3.63, 3.8) is 0 Å². The number of hydrogen-bond acceptors (Lipinski definition) is 3. The molecule has 0 saturated heterocycles. The lowest BCUT2D eigenvalue weighted by atomic mass is 10.2. The number of hydrogen-bond donors (Lipinski definition) is 1. The Morgan fingerprint density at radius 3 is 2.43 bits per heavy atom. The summed E-state index contributed by atoms with van der Waals surface area (Å²) in [5.74, 6) is 1.65. The topological polar surface area (TPSA) is 30.5 Å². The Balaban J connectivity index is 2.03. The van der Waals surface area contributed by atoms with Gasteiger partial charge in [-0.05, 0) is 50.2 Å². The summed E-state index contributed by atoms with van der Waals surface area (Å²) >= 11 is 6.22. The molecule has 2 aromatic carbocycles. The Labute approximate surface area is 130 Å². The van der Waals surface area contributed by atoms with E-state index in [1.165, 1.54) is 0 Å². The third-order valence-corrected chi connectivity index (χ3v) is 3.35. The molecule has 4 heteroatoms. The van der Waals surface area contributed by atoms with Gasteiger partial charge in [-0.1, -0.05) is 17.7 Å². The van der Waals surface area contributed by atoms with Crippen LogP contribution in [0.15, 0.2) is 42.5 Å². The molecule has 1 N–H and O–H groups in total. The monoisotopic (exact) mass is 305 g/mol. The summed E-state index contributed by atoms with van der Waals surface area (Å²) in [7, 11) is 1.65. The van der Waals surface area contributed by atoms with Gasteiger partial charge in [-0.25, -0.2) is 0 Å². The van der Waals surface area contributed by atoms with E-state index in [4.69, 9.17) is 21.1 Å². The van der Waals surface area contributed by atoms with Crippen LogP contribution in [0.5, 0.6) is 11.5 Å². The van der Waals surface area contributed by atoms with Gasteiger partial charge in [-0.15, -0.1) is 0 Å². The van der Waals surface area contributed by atoms with Gasteiger partial charge in [0.25, 0.3) is 0 Å². The van der Waals surface area contributed by atoms with Gasteiger partial charge in [-0.3, -0.25) is 0 Å². The highest BCUT2D eigenvalue weighted by molar-refractivity contribution is 6.31. The van der Waals surface area contributed by atoms with Crippen LogP contribution >= 0.6 is 11.6 Å². The van der Waals surface area contributed by atoms with Gasteiger partial charge in [0, 0.05) is 22.8 Å². The number of anilines is 1. The second kappa shape index (κ2) is 7.23. The smallest absolute Gasteiger partial charge is 0.125 e. The van der Waals surface area contributed by atoms with Crippen LogP contribution in [0.2, 0.25) is 5.02 Å². The molecule has 0 saturated carbocycles. The van der Waals surface area contributed by atoms with E-state index >= 15 is 0 Å². The van der Waals surface area contributed by atoms with E-state index in [1.807, 2.05) is 56.3 Å². The summed E-state index contributed by atoms with van der Waals surface area (Å²) in [5, 5.41) is 4.03. The molecule has 3 nitrogen and oxygen atoms in total. The van der Waals surface area contributed by atoms with E-state index in [9.17, 15) is 0 Å². The molecule has 0 radical (unpaired) electrons. The lowest BCUT2D eigenvalue weighted by Gasteiger charge is -2.13. The summed E-state index contributed by atoms with van der Waals surface area (Å²) in [6.45, 7) is 4.62. The maximum Gasteiger partial charge on any atom is 0.125 e. The third kappa shape index (κ3) is 4.30. The minimum Gasteiger partial charge on any atom is -0.496 e. The Hall–Kier alpha value is -1.87. The molecular formula is C17H20ClNO2. The van der Waals surface area contributed by atoms with Crippen molar-refractivity contribution >= 4 is 17.3 Å². The van der Waals surface area contributed by atoms with E-state index in [-0.39, 0.29) is 6.10 Å². The van der Waals surface area contributed by atoms with Crippen molar-refractivity contribution in [2.24, 2.45) is 0 Å². The van der Waals surface area contributed by atoms with Crippen LogP contribution in [0, 0.1) is 0 Å². The van der Waals surface area contributed by atoms with E-state index in [0.29, 0.717) is 11.6 Å². The van der Waals surface area contributed by atoms with Gasteiger partial charge >= 0.3 is 0 Å². The summed E-state index contributed by atoms with van der Waals surface area (Å²) < 4.78 is 11.0. The molecule has 0 unspecified atom stereocenters. The zero-order chi connectivity index (χ0) is 15.2. The van der Waals surface area contributed by atoms with Crippen molar-refractivity contribution < 1.29 is 9.47 Å². The molecule has 0 bridgehead atoms. The second-order valence-electron chi connectivity index (χ2n) is 4.97. The molecule has 0 amide bonds. The summed E-state index contributed by atoms with van der Waals surface area (Å²) in [6, 6.07) is 13.5. The van der Waals surface area contributed by atoms with Crippen molar-refractivity contribution in [1.82, 2.24) is 0 Å². The zero-order valence-corrected chi connectivity index (χ0v) is 13.3. The maximum atomic E-state index is 6.22. The average Bonchev–Trinajstić information content (AvgIpc) is 2.46. The number of methoxy groups -OCH3 is 1. The quantitative estimate of drug-likeness (QED) is 0.835. The van der Waals surface area contributed by atoms with E-state index in [0.717, 1.165) is 22.7 Å². The summed E-state index contributed by atoms with van der Waals surface area (Å²) in [4.78, 5) is 0. The molecule has 0 aliphatic rings. The fourth-order valence-corrected chi connectivity index (χ4v) is 2.25. The normalized spacial score (nSPS) is 10.5. The van der Waals surface area contributed by atoms with Crippen molar-refractivity contribution in [3.05, 3.63) is 53.1 Å². The number of ether oxygens (including phenoxy) is 2. The molecule has 0 aliphatic heterocycles. The average molecular weight is 306 g/mol. The number of rotatable bonds is 6. The standard InChI is InChI=1S/C17H20ClNO2/c1-12(2)21-14-9-7-13(8-10-14)19-11-15-16(18)5-4-6-17(15)20-3/h4-10,12,19H,11H2,1-3H3. The summed E-state index contributed by atoms with van der Waals surface area (Å²) in [5.41, 5.74) is 1.96. The fourth-order valence-electron chi connectivity index (χ4n) is 2.02. The van der Waals surface area contributed by atoms with Crippen LogP contribution in [-0.2, 0) is 6.54 Å². The second-order valence-corrected chi connectivity index (χ2v) is 5.37. The van der Waals surface area contributed by atoms with Gasteiger partial charge in [0.05, 0.1) is 13.2 Å². The van der Waals surface area contributed by atoms with Gasteiger partial charge in [0.15, 0.2) is 0 Å². The number of nitrogens with one attached hydrogen (secondary N) is 1. The van der Waals surface area contributed by atoms with Crippen molar-refractivity contribution in [3.8, 4) is 11.5 Å².